The Morgan fingerprint density at radius 3 is 2.60 bits per heavy atom. The minimum Gasteiger partial charge on any atom is -0.477 e. The summed E-state index contributed by atoms with van der Waals surface area (Å²) in [6.07, 6.45) is 0. The topological polar surface area (TPSA) is 37.3 Å². The molecule has 0 amide bonds. The fraction of sp³-hybridized carbons (Fsp3) is 0.167. The van der Waals surface area contributed by atoms with Gasteiger partial charge < -0.3 is 5.11 Å². The second-order valence-corrected chi connectivity index (χ2v) is 3.24. The summed E-state index contributed by atoms with van der Waals surface area (Å²) >= 11 is 5.27. The number of thiol groups is 1. The van der Waals surface area contributed by atoms with E-state index in [-0.39, 0.29) is 0 Å². The van der Waals surface area contributed by atoms with E-state index >= 15 is 0 Å². The quantitative estimate of drug-likeness (QED) is 0.639. The standard InChI is InChI=1S/C6H6O2S2/c1-3-4(9)2-10-5(3)6(7)8/h2,9H,1H3,(H,7,8). The minimum atomic E-state index is -0.872. The fourth-order valence-corrected chi connectivity index (χ4v) is 1.76. The molecule has 0 radical (unpaired) electrons. The number of carboxylic acid groups (broad SMARTS) is 1. The molecule has 1 N–H and O–H groups in total. The Morgan fingerprint density at radius 1 is 1.80 bits per heavy atom. The van der Waals surface area contributed by atoms with Crippen molar-refractivity contribution in [2.24, 2.45) is 0 Å². The maximum Gasteiger partial charge on any atom is 0.346 e. The minimum absolute atomic E-state index is 0.380. The molecular formula is C6H6O2S2. The third-order valence-corrected chi connectivity index (χ3v) is 2.92. The van der Waals surface area contributed by atoms with Crippen LogP contribution in [0.4, 0.5) is 0 Å². The van der Waals surface area contributed by atoms with Crippen LogP contribution in [0.5, 0.6) is 0 Å². The highest BCUT2D eigenvalue weighted by Gasteiger charge is 2.10. The van der Waals surface area contributed by atoms with Crippen molar-refractivity contribution in [3.05, 3.63) is 15.8 Å². The van der Waals surface area contributed by atoms with Gasteiger partial charge in [0.05, 0.1) is 0 Å². The summed E-state index contributed by atoms with van der Waals surface area (Å²) in [5.41, 5.74) is 0.751. The summed E-state index contributed by atoms with van der Waals surface area (Å²) in [4.78, 5) is 11.5. The molecular weight excluding hydrogens is 168 g/mol. The maximum atomic E-state index is 10.4. The van der Waals surface area contributed by atoms with E-state index in [2.05, 4.69) is 12.6 Å². The van der Waals surface area contributed by atoms with Gasteiger partial charge in [0.1, 0.15) is 4.88 Å². The summed E-state index contributed by atoms with van der Waals surface area (Å²) < 4.78 is 0. The van der Waals surface area contributed by atoms with Crippen LogP contribution < -0.4 is 0 Å². The molecule has 0 aliphatic carbocycles. The SMILES string of the molecule is Cc1c(S)csc1C(=O)O. The van der Waals surface area contributed by atoms with Gasteiger partial charge in [-0.3, -0.25) is 0 Å². The van der Waals surface area contributed by atoms with Crippen LogP contribution in [-0.2, 0) is 0 Å². The highest BCUT2D eigenvalue weighted by Crippen LogP contribution is 2.23. The van der Waals surface area contributed by atoms with Gasteiger partial charge in [-0.1, -0.05) is 0 Å². The molecule has 10 heavy (non-hydrogen) atoms. The predicted octanol–water partition coefficient (Wildman–Crippen LogP) is 2.04. The van der Waals surface area contributed by atoms with E-state index in [0.717, 1.165) is 10.5 Å². The van der Waals surface area contributed by atoms with Crippen molar-refractivity contribution in [1.29, 1.82) is 0 Å². The number of carbonyl (C=O) groups is 1. The predicted molar refractivity (Wildman–Crippen MR) is 43.3 cm³/mol. The number of carboxylic acids is 1. The number of thiophene rings is 1. The summed E-state index contributed by atoms with van der Waals surface area (Å²) in [7, 11) is 0. The molecule has 54 valence electrons. The average Bonchev–Trinajstić information content (AvgIpc) is 2.14. The zero-order valence-corrected chi connectivity index (χ0v) is 7.00. The molecule has 1 rings (SSSR count). The first-order chi connectivity index (χ1) is 4.63. The Kier molecular flexibility index (Phi) is 2.01. The molecule has 0 spiro atoms. The Labute approximate surface area is 67.9 Å². The smallest absolute Gasteiger partial charge is 0.346 e. The van der Waals surface area contributed by atoms with E-state index in [9.17, 15) is 4.79 Å². The number of rotatable bonds is 1. The molecule has 0 saturated carbocycles. The van der Waals surface area contributed by atoms with Gasteiger partial charge >= 0.3 is 5.97 Å². The van der Waals surface area contributed by atoms with Crippen molar-refractivity contribution in [2.45, 2.75) is 11.8 Å². The first-order valence-electron chi connectivity index (χ1n) is 2.63. The van der Waals surface area contributed by atoms with E-state index in [4.69, 9.17) is 5.11 Å². The summed E-state index contributed by atoms with van der Waals surface area (Å²) in [5, 5.41) is 10.3. The van der Waals surface area contributed by atoms with Gasteiger partial charge in [-0.2, -0.15) is 0 Å². The van der Waals surface area contributed by atoms with Gasteiger partial charge in [0, 0.05) is 10.3 Å². The van der Waals surface area contributed by atoms with E-state index in [1.165, 1.54) is 11.3 Å². The van der Waals surface area contributed by atoms with Gasteiger partial charge in [-0.25, -0.2) is 4.79 Å². The lowest BCUT2D eigenvalue weighted by atomic mass is 10.3. The molecule has 0 aromatic carbocycles. The van der Waals surface area contributed by atoms with Crippen molar-refractivity contribution >= 4 is 29.9 Å². The molecule has 0 fully saturated rings. The fourth-order valence-electron chi connectivity index (χ4n) is 0.619. The van der Waals surface area contributed by atoms with E-state index in [1.54, 1.807) is 12.3 Å². The van der Waals surface area contributed by atoms with Gasteiger partial charge in [-0.15, -0.1) is 24.0 Å². The lowest BCUT2D eigenvalue weighted by molar-refractivity contribution is 0.0701. The van der Waals surface area contributed by atoms with Gasteiger partial charge in [-0.05, 0) is 12.5 Å². The Bertz CT molecular complexity index is 265. The Hall–Kier alpha value is -0.480. The second-order valence-electron chi connectivity index (χ2n) is 1.88. The number of aromatic carboxylic acids is 1. The lowest BCUT2D eigenvalue weighted by Gasteiger charge is -1.89. The highest BCUT2D eigenvalue weighted by atomic mass is 32.1. The average molecular weight is 174 g/mol. The van der Waals surface area contributed by atoms with Crippen LogP contribution in [0.1, 0.15) is 15.2 Å². The molecule has 2 nitrogen and oxygen atoms in total. The van der Waals surface area contributed by atoms with Crippen LogP contribution >= 0.6 is 24.0 Å². The van der Waals surface area contributed by atoms with Gasteiger partial charge in [0.2, 0.25) is 0 Å². The molecule has 4 heteroatoms. The summed E-state index contributed by atoms with van der Waals surface area (Å²) in [6, 6.07) is 0. The number of hydrogen-bond donors (Lipinski definition) is 2. The first-order valence-corrected chi connectivity index (χ1v) is 3.96. The van der Waals surface area contributed by atoms with Crippen LogP contribution in [0.15, 0.2) is 10.3 Å². The number of hydrogen-bond acceptors (Lipinski definition) is 3. The highest BCUT2D eigenvalue weighted by molar-refractivity contribution is 7.80. The van der Waals surface area contributed by atoms with E-state index in [0.29, 0.717) is 4.88 Å². The van der Waals surface area contributed by atoms with Gasteiger partial charge in [0.15, 0.2) is 0 Å². The van der Waals surface area contributed by atoms with Crippen LogP contribution in [0, 0.1) is 6.92 Å². The molecule has 0 aliphatic heterocycles. The van der Waals surface area contributed by atoms with Crippen LogP contribution in [0.3, 0.4) is 0 Å². The summed E-state index contributed by atoms with van der Waals surface area (Å²) in [5.74, 6) is -0.872. The van der Waals surface area contributed by atoms with Crippen molar-refractivity contribution < 1.29 is 9.90 Å². The molecule has 0 unspecified atom stereocenters. The molecule has 1 aromatic heterocycles. The van der Waals surface area contributed by atoms with Gasteiger partial charge in [0.25, 0.3) is 0 Å². The molecule has 1 aromatic rings. The van der Waals surface area contributed by atoms with Crippen LogP contribution in [-0.4, -0.2) is 11.1 Å². The molecule has 1 heterocycles. The van der Waals surface area contributed by atoms with Crippen LogP contribution in [0.25, 0.3) is 0 Å². The molecule has 0 aliphatic rings. The first kappa shape index (κ1) is 7.63. The maximum absolute atomic E-state index is 10.4. The van der Waals surface area contributed by atoms with Crippen molar-refractivity contribution in [1.82, 2.24) is 0 Å². The normalized spacial score (nSPS) is 9.80. The Morgan fingerprint density at radius 2 is 2.40 bits per heavy atom. The molecule has 0 atom stereocenters. The second kappa shape index (κ2) is 2.64. The zero-order chi connectivity index (χ0) is 7.72. The Balaban J connectivity index is 3.17. The summed E-state index contributed by atoms with van der Waals surface area (Å²) in [6.45, 7) is 1.75. The third-order valence-electron chi connectivity index (χ3n) is 1.21. The van der Waals surface area contributed by atoms with Crippen molar-refractivity contribution in [2.75, 3.05) is 0 Å². The van der Waals surface area contributed by atoms with Crippen molar-refractivity contribution in [3.63, 3.8) is 0 Å². The monoisotopic (exact) mass is 174 g/mol. The zero-order valence-electron chi connectivity index (χ0n) is 5.29. The lowest BCUT2D eigenvalue weighted by Crippen LogP contribution is -1.93. The van der Waals surface area contributed by atoms with Crippen LogP contribution in [0.2, 0.25) is 0 Å². The van der Waals surface area contributed by atoms with E-state index in [1.807, 2.05) is 0 Å². The molecule has 0 bridgehead atoms. The largest absolute Gasteiger partial charge is 0.477 e. The third kappa shape index (κ3) is 1.17. The van der Waals surface area contributed by atoms with E-state index < -0.39 is 5.97 Å². The molecule has 0 saturated heterocycles. The van der Waals surface area contributed by atoms with Crippen molar-refractivity contribution in [3.8, 4) is 0 Å².